The van der Waals surface area contributed by atoms with Crippen LogP contribution < -0.4 is 5.43 Å². The van der Waals surface area contributed by atoms with Gasteiger partial charge < -0.3 is 5.43 Å². The predicted molar refractivity (Wildman–Crippen MR) is 72.6 cm³/mol. The molecule has 0 radical (unpaired) electrons. The van der Waals surface area contributed by atoms with Crippen LogP contribution in [0, 0.1) is 17.1 Å². The zero-order valence-corrected chi connectivity index (χ0v) is 10.5. The molecule has 1 aromatic heterocycles. The van der Waals surface area contributed by atoms with Crippen LogP contribution >= 0.6 is 0 Å². The van der Waals surface area contributed by atoms with E-state index in [2.05, 4.69) is 15.5 Å². The molecule has 1 unspecified atom stereocenters. The van der Waals surface area contributed by atoms with E-state index in [9.17, 15) is 4.39 Å². The predicted octanol–water partition coefficient (Wildman–Crippen LogP) is 2.18. The van der Waals surface area contributed by atoms with Crippen molar-refractivity contribution in [3.05, 3.63) is 65.2 Å². The Morgan fingerprint density at radius 2 is 2.00 bits per heavy atom. The largest absolute Gasteiger partial charge is 0.309 e. The van der Waals surface area contributed by atoms with Crippen LogP contribution in [-0.4, -0.2) is 17.2 Å². The van der Waals surface area contributed by atoms with Crippen LogP contribution in [0.3, 0.4) is 0 Å². The lowest BCUT2D eigenvalue weighted by Crippen LogP contribution is -2.16. The fourth-order valence-corrected chi connectivity index (χ4v) is 2.21. The van der Waals surface area contributed by atoms with Crippen molar-refractivity contribution in [2.24, 2.45) is 5.10 Å². The Morgan fingerprint density at radius 3 is 2.65 bits per heavy atom. The molecule has 2 aromatic rings. The highest BCUT2D eigenvalue weighted by molar-refractivity contribution is 6.05. The van der Waals surface area contributed by atoms with Gasteiger partial charge in [-0.15, -0.1) is 0 Å². The summed E-state index contributed by atoms with van der Waals surface area (Å²) < 4.78 is 13.0. The summed E-state index contributed by atoms with van der Waals surface area (Å²) in [7, 11) is 0. The molecule has 1 aliphatic heterocycles. The number of hydrazone groups is 1. The van der Waals surface area contributed by atoms with Crippen LogP contribution in [0.25, 0.3) is 0 Å². The quantitative estimate of drug-likeness (QED) is 0.906. The van der Waals surface area contributed by atoms with Crippen LogP contribution in [0.2, 0.25) is 0 Å². The number of pyridine rings is 1. The Labute approximate surface area is 115 Å². The first kappa shape index (κ1) is 12.3. The van der Waals surface area contributed by atoms with Crippen molar-refractivity contribution >= 4 is 5.71 Å². The number of hydrogen-bond donors (Lipinski definition) is 1. The topological polar surface area (TPSA) is 61.1 Å². The fourth-order valence-electron chi connectivity index (χ4n) is 2.21. The molecule has 98 valence electrons. The molecule has 0 amide bonds. The Bertz CT molecular complexity index is 683. The lowest BCUT2D eigenvalue weighted by Gasteiger charge is -2.11. The zero-order valence-electron chi connectivity index (χ0n) is 10.5. The Hall–Kier alpha value is -2.74. The summed E-state index contributed by atoms with van der Waals surface area (Å²) in [5.74, 6) is -0.262. The molecule has 4 nitrogen and oxygen atoms in total. The summed E-state index contributed by atoms with van der Waals surface area (Å²) in [5.41, 5.74) is 6.03. The van der Waals surface area contributed by atoms with E-state index in [0.29, 0.717) is 12.1 Å². The summed E-state index contributed by atoms with van der Waals surface area (Å²) in [6, 6.07) is 11.9. The average molecular weight is 266 g/mol. The highest BCUT2D eigenvalue weighted by atomic mass is 19.1. The molecule has 0 saturated heterocycles. The van der Waals surface area contributed by atoms with E-state index in [1.807, 2.05) is 12.1 Å². The van der Waals surface area contributed by atoms with Crippen LogP contribution in [0.15, 0.2) is 47.7 Å². The van der Waals surface area contributed by atoms with Gasteiger partial charge in [0.15, 0.2) is 0 Å². The van der Waals surface area contributed by atoms with Gasteiger partial charge in [0, 0.05) is 12.7 Å². The second-order valence-electron chi connectivity index (χ2n) is 4.50. The molecule has 0 fully saturated rings. The van der Waals surface area contributed by atoms with Crippen molar-refractivity contribution < 1.29 is 4.39 Å². The van der Waals surface area contributed by atoms with E-state index in [1.54, 1.807) is 24.4 Å². The molecule has 1 atom stereocenters. The Morgan fingerprint density at radius 1 is 1.20 bits per heavy atom. The minimum absolute atomic E-state index is 0.00760. The molecule has 5 heteroatoms. The van der Waals surface area contributed by atoms with Crippen molar-refractivity contribution in [2.45, 2.75) is 5.92 Å². The molecule has 1 aromatic carbocycles. The molecular weight excluding hydrogens is 255 g/mol. The number of nitriles is 1. The monoisotopic (exact) mass is 266 g/mol. The number of aromatic nitrogens is 1. The fraction of sp³-hybridized carbons (Fsp3) is 0.133. The lowest BCUT2D eigenvalue weighted by molar-refractivity contribution is 0.627. The number of halogens is 1. The van der Waals surface area contributed by atoms with Gasteiger partial charge in [0.25, 0.3) is 0 Å². The maximum Gasteiger partial charge on any atom is 0.123 e. The third-order valence-electron chi connectivity index (χ3n) is 3.24. The van der Waals surface area contributed by atoms with Crippen molar-refractivity contribution in [2.75, 3.05) is 6.54 Å². The molecule has 2 heterocycles. The van der Waals surface area contributed by atoms with E-state index >= 15 is 0 Å². The smallest absolute Gasteiger partial charge is 0.123 e. The first-order valence-electron chi connectivity index (χ1n) is 6.20. The van der Waals surface area contributed by atoms with E-state index in [0.717, 1.165) is 17.0 Å². The molecule has 0 spiro atoms. The maximum absolute atomic E-state index is 13.0. The third-order valence-corrected chi connectivity index (χ3v) is 3.24. The van der Waals surface area contributed by atoms with E-state index < -0.39 is 0 Å². The van der Waals surface area contributed by atoms with E-state index in [4.69, 9.17) is 5.26 Å². The SMILES string of the molecule is N#Cc1ccc(C2CNN=C2c2ccc(F)cc2)nc1. The number of benzene rings is 1. The average Bonchev–Trinajstić information content (AvgIpc) is 2.97. The summed E-state index contributed by atoms with van der Waals surface area (Å²) in [6.07, 6.45) is 1.55. The van der Waals surface area contributed by atoms with Gasteiger partial charge in [0.2, 0.25) is 0 Å². The van der Waals surface area contributed by atoms with Crippen LogP contribution in [0.5, 0.6) is 0 Å². The lowest BCUT2D eigenvalue weighted by atomic mass is 9.94. The van der Waals surface area contributed by atoms with Gasteiger partial charge in [0.05, 0.1) is 22.9 Å². The van der Waals surface area contributed by atoms with Gasteiger partial charge in [0.1, 0.15) is 11.9 Å². The number of rotatable bonds is 2. The molecule has 3 rings (SSSR count). The first-order valence-corrected chi connectivity index (χ1v) is 6.20. The van der Waals surface area contributed by atoms with Crippen molar-refractivity contribution in [3.8, 4) is 6.07 Å². The van der Waals surface area contributed by atoms with Crippen molar-refractivity contribution in [1.29, 1.82) is 5.26 Å². The minimum Gasteiger partial charge on any atom is -0.309 e. The first-order chi connectivity index (χ1) is 9.78. The second kappa shape index (κ2) is 5.10. The van der Waals surface area contributed by atoms with Crippen molar-refractivity contribution in [1.82, 2.24) is 10.4 Å². The van der Waals surface area contributed by atoms with Gasteiger partial charge in [-0.2, -0.15) is 10.4 Å². The third kappa shape index (κ3) is 2.24. The van der Waals surface area contributed by atoms with Gasteiger partial charge >= 0.3 is 0 Å². The van der Waals surface area contributed by atoms with Gasteiger partial charge in [-0.1, -0.05) is 12.1 Å². The standard InChI is InChI=1S/C15H11FN4/c16-12-4-2-11(3-5-12)15-13(9-19-20-15)14-6-1-10(7-17)8-18-14/h1-6,8,13,19H,9H2. The summed E-state index contributed by atoms with van der Waals surface area (Å²) in [5, 5.41) is 13.1. The molecule has 0 bridgehead atoms. The minimum atomic E-state index is -0.270. The molecule has 1 aliphatic rings. The Balaban J connectivity index is 1.92. The van der Waals surface area contributed by atoms with E-state index in [1.165, 1.54) is 12.1 Å². The maximum atomic E-state index is 13.0. The summed E-state index contributed by atoms with van der Waals surface area (Å²) in [4.78, 5) is 4.31. The molecule has 0 aliphatic carbocycles. The van der Waals surface area contributed by atoms with Gasteiger partial charge in [-0.05, 0) is 29.8 Å². The van der Waals surface area contributed by atoms with Gasteiger partial charge in [-0.3, -0.25) is 4.98 Å². The Kier molecular flexibility index (Phi) is 3.13. The van der Waals surface area contributed by atoms with Gasteiger partial charge in [-0.25, -0.2) is 4.39 Å². The molecule has 1 N–H and O–H groups in total. The number of nitrogens with zero attached hydrogens (tertiary/aromatic N) is 3. The van der Waals surface area contributed by atoms with Crippen LogP contribution in [-0.2, 0) is 0 Å². The molecule has 0 saturated carbocycles. The normalized spacial score (nSPS) is 17.2. The second-order valence-corrected chi connectivity index (χ2v) is 4.50. The highest BCUT2D eigenvalue weighted by Gasteiger charge is 2.25. The molecule has 20 heavy (non-hydrogen) atoms. The van der Waals surface area contributed by atoms with E-state index in [-0.39, 0.29) is 11.7 Å². The number of nitrogens with one attached hydrogen (secondary N) is 1. The van der Waals surface area contributed by atoms with Crippen LogP contribution in [0.4, 0.5) is 4.39 Å². The zero-order chi connectivity index (χ0) is 13.9. The number of hydrogen-bond acceptors (Lipinski definition) is 4. The van der Waals surface area contributed by atoms with Crippen molar-refractivity contribution in [3.63, 3.8) is 0 Å². The highest BCUT2D eigenvalue weighted by Crippen LogP contribution is 2.23. The molecular formula is C15H11FN4. The van der Waals surface area contributed by atoms with Crippen LogP contribution in [0.1, 0.15) is 22.7 Å². The summed E-state index contributed by atoms with van der Waals surface area (Å²) >= 11 is 0. The summed E-state index contributed by atoms with van der Waals surface area (Å²) in [6.45, 7) is 0.644.